The van der Waals surface area contributed by atoms with Gasteiger partial charge in [-0.05, 0) is 23.8 Å². The van der Waals surface area contributed by atoms with Crippen molar-refractivity contribution >= 4 is 12.0 Å². The second-order valence-corrected chi connectivity index (χ2v) is 5.89. The van der Waals surface area contributed by atoms with Crippen LogP contribution >= 0.6 is 0 Å². The number of quaternary nitrogens is 1. The maximum Gasteiger partial charge on any atom is 0.244 e. The molecule has 1 aromatic carbocycles. The highest BCUT2D eigenvalue weighted by atomic mass is 16.5. The minimum Gasteiger partial charge on any atom is -0.465 e. The summed E-state index contributed by atoms with van der Waals surface area (Å²) in [4.78, 5) is 13.7. The molecular formula is C19H23N2O3+. The van der Waals surface area contributed by atoms with E-state index in [4.69, 9.17) is 9.15 Å². The average molecular weight is 327 g/mol. The molecule has 5 heteroatoms. The molecule has 0 spiro atoms. The first-order chi connectivity index (χ1) is 11.8. The second-order valence-electron chi connectivity index (χ2n) is 5.89. The van der Waals surface area contributed by atoms with E-state index < -0.39 is 0 Å². The van der Waals surface area contributed by atoms with Gasteiger partial charge in [-0.2, -0.15) is 0 Å². The quantitative estimate of drug-likeness (QED) is 0.780. The molecule has 126 valence electrons. The topological polar surface area (TPSA) is 55.9 Å². The van der Waals surface area contributed by atoms with E-state index in [9.17, 15) is 4.79 Å². The van der Waals surface area contributed by atoms with Crippen molar-refractivity contribution in [3.05, 3.63) is 66.1 Å². The highest BCUT2D eigenvalue weighted by molar-refractivity contribution is 5.91. The van der Waals surface area contributed by atoms with Crippen LogP contribution in [0.2, 0.25) is 0 Å². The molecule has 5 nitrogen and oxygen atoms in total. The standard InChI is InChI=1S/C19H22N2O3/c22-19(9-8-17-7-4-12-24-17)20-18(16-5-2-1-3-6-16)15-21-10-13-23-14-11-21/h1-9,12,18H,10-11,13-15H2,(H,20,22)/p+1/b9-8+/t18-/m1/s1. The van der Waals surface area contributed by atoms with E-state index in [1.54, 1.807) is 18.4 Å². The van der Waals surface area contributed by atoms with Crippen molar-refractivity contribution in [2.75, 3.05) is 32.8 Å². The molecule has 0 unspecified atom stereocenters. The monoisotopic (exact) mass is 327 g/mol. The first kappa shape index (κ1) is 16.5. The Bertz CT molecular complexity index is 647. The maximum atomic E-state index is 12.3. The van der Waals surface area contributed by atoms with Gasteiger partial charge in [-0.15, -0.1) is 0 Å². The van der Waals surface area contributed by atoms with Gasteiger partial charge in [0.25, 0.3) is 0 Å². The number of carbonyl (C=O) groups excluding carboxylic acids is 1. The van der Waals surface area contributed by atoms with Crippen molar-refractivity contribution in [1.29, 1.82) is 0 Å². The van der Waals surface area contributed by atoms with E-state index in [-0.39, 0.29) is 11.9 Å². The number of benzene rings is 1. The van der Waals surface area contributed by atoms with Crippen LogP contribution in [0.15, 0.2) is 59.2 Å². The minimum atomic E-state index is -0.118. The number of hydrogen-bond acceptors (Lipinski definition) is 3. The minimum absolute atomic E-state index is 0.0203. The van der Waals surface area contributed by atoms with Crippen molar-refractivity contribution in [2.24, 2.45) is 0 Å². The van der Waals surface area contributed by atoms with Gasteiger partial charge in [-0.3, -0.25) is 4.79 Å². The largest absolute Gasteiger partial charge is 0.465 e. The summed E-state index contributed by atoms with van der Waals surface area (Å²) in [7, 11) is 0. The molecule has 1 fully saturated rings. The van der Waals surface area contributed by atoms with Crippen LogP contribution in [-0.2, 0) is 9.53 Å². The molecule has 1 aliphatic rings. The molecule has 1 aliphatic heterocycles. The van der Waals surface area contributed by atoms with E-state index in [2.05, 4.69) is 17.4 Å². The number of carbonyl (C=O) groups is 1. The molecule has 2 heterocycles. The zero-order valence-electron chi connectivity index (χ0n) is 13.6. The molecule has 1 saturated heterocycles. The lowest BCUT2D eigenvalue weighted by Gasteiger charge is -2.28. The Labute approximate surface area is 141 Å². The van der Waals surface area contributed by atoms with Crippen LogP contribution < -0.4 is 10.2 Å². The normalized spacial score (nSPS) is 17.0. The summed E-state index contributed by atoms with van der Waals surface area (Å²) < 4.78 is 10.6. The van der Waals surface area contributed by atoms with Gasteiger partial charge < -0.3 is 19.4 Å². The summed E-state index contributed by atoms with van der Waals surface area (Å²) in [6.45, 7) is 4.36. The van der Waals surface area contributed by atoms with Crippen LogP contribution in [0.25, 0.3) is 6.08 Å². The highest BCUT2D eigenvalue weighted by Gasteiger charge is 2.22. The summed E-state index contributed by atoms with van der Waals surface area (Å²) in [5, 5.41) is 3.11. The predicted molar refractivity (Wildman–Crippen MR) is 91.5 cm³/mol. The van der Waals surface area contributed by atoms with Gasteiger partial charge in [-0.25, -0.2) is 0 Å². The van der Waals surface area contributed by atoms with Crippen molar-refractivity contribution in [2.45, 2.75) is 6.04 Å². The average Bonchev–Trinajstić information content (AvgIpc) is 3.15. The predicted octanol–water partition coefficient (Wildman–Crippen LogP) is 1.07. The van der Waals surface area contributed by atoms with Gasteiger partial charge in [0.1, 0.15) is 31.4 Å². The van der Waals surface area contributed by atoms with Gasteiger partial charge >= 0.3 is 0 Å². The van der Waals surface area contributed by atoms with Crippen LogP contribution in [-0.4, -0.2) is 38.8 Å². The molecule has 0 radical (unpaired) electrons. The number of ether oxygens (including phenoxy) is 1. The van der Waals surface area contributed by atoms with Crippen LogP contribution in [0.5, 0.6) is 0 Å². The molecule has 2 N–H and O–H groups in total. The summed E-state index contributed by atoms with van der Waals surface area (Å²) >= 11 is 0. The summed E-state index contributed by atoms with van der Waals surface area (Å²) in [5.41, 5.74) is 1.12. The van der Waals surface area contributed by atoms with Gasteiger partial charge in [-0.1, -0.05) is 30.3 Å². The van der Waals surface area contributed by atoms with Crippen molar-refractivity contribution in [1.82, 2.24) is 5.32 Å². The fourth-order valence-electron chi connectivity index (χ4n) is 2.85. The first-order valence-electron chi connectivity index (χ1n) is 8.29. The lowest BCUT2D eigenvalue weighted by molar-refractivity contribution is -0.909. The number of amides is 1. The Morgan fingerprint density at radius 1 is 1.17 bits per heavy atom. The SMILES string of the molecule is O=C(/C=C/c1ccco1)N[C@H](C[NH+]1CCOCC1)c1ccccc1. The Morgan fingerprint density at radius 2 is 1.96 bits per heavy atom. The summed E-state index contributed by atoms with van der Waals surface area (Å²) in [6, 6.07) is 13.7. The van der Waals surface area contributed by atoms with Crippen LogP contribution in [0, 0.1) is 0 Å². The molecule has 2 aromatic rings. The third-order valence-electron chi connectivity index (χ3n) is 4.15. The summed E-state index contributed by atoms with van der Waals surface area (Å²) in [6.07, 6.45) is 4.79. The van der Waals surface area contributed by atoms with Crippen LogP contribution in [0.4, 0.5) is 0 Å². The van der Waals surface area contributed by atoms with Crippen molar-refractivity contribution in [3.63, 3.8) is 0 Å². The second kappa shape index (κ2) is 8.47. The summed E-state index contributed by atoms with van der Waals surface area (Å²) in [5.74, 6) is 0.549. The zero-order chi connectivity index (χ0) is 16.6. The molecule has 3 rings (SSSR count). The van der Waals surface area contributed by atoms with E-state index in [1.807, 2.05) is 24.3 Å². The Balaban J connectivity index is 1.66. The molecule has 1 amide bonds. The Kier molecular flexibility index (Phi) is 5.82. The maximum absolute atomic E-state index is 12.3. The van der Waals surface area contributed by atoms with Gasteiger partial charge in [0, 0.05) is 6.08 Å². The third-order valence-corrected chi connectivity index (χ3v) is 4.15. The fourth-order valence-corrected chi connectivity index (χ4v) is 2.85. The highest BCUT2D eigenvalue weighted by Crippen LogP contribution is 2.11. The molecule has 24 heavy (non-hydrogen) atoms. The van der Waals surface area contributed by atoms with Gasteiger partial charge in [0.2, 0.25) is 5.91 Å². The van der Waals surface area contributed by atoms with Crippen LogP contribution in [0.3, 0.4) is 0 Å². The van der Waals surface area contributed by atoms with Crippen molar-refractivity contribution < 1.29 is 18.8 Å². The van der Waals surface area contributed by atoms with Crippen LogP contribution in [0.1, 0.15) is 17.4 Å². The van der Waals surface area contributed by atoms with E-state index in [0.717, 1.165) is 38.4 Å². The number of nitrogens with one attached hydrogen (secondary N) is 2. The Morgan fingerprint density at radius 3 is 2.67 bits per heavy atom. The smallest absolute Gasteiger partial charge is 0.244 e. The van der Waals surface area contributed by atoms with Gasteiger partial charge in [0.15, 0.2) is 0 Å². The molecule has 0 aliphatic carbocycles. The first-order valence-corrected chi connectivity index (χ1v) is 8.29. The number of morpholine rings is 1. The Hall–Kier alpha value is -2.37. The zero-order valence-corrected chi connectivity index (χ0v) is 13.6. The number of rotatable bonds is 6. The molecular weight excluding hydrogens is 304 g/mol. The van der Waals surface area contributed by atoms with E-state index in [1.165, 1.54) is 11.0 Å². The molecule has 1 atom stereocenters. The van der Waals surface area contributed by atoms with E-state index in [0.29, 0.717) is 5.76 Å². The molecule has 1 aromatic heterocycles. The lowest BCUT2D eigenvalue weighted by Crippen LogP contribution is -3.14. The van der Waals surface area contributed by atoms with E-state index >= 15 is 0 Å². The van der Waals surface area contributed by atoms with Gasteiger partial charge in [0.05, 0.1) is 19.5 Å². The number of hydrogen-bond donors (Lipinski definition) is 2. The molecule has 0 bridgehead atoms. The lowest BCUT2D eigenvalue weighted by atomic mass is 10.1. The van der Waals surface area contributed by atoms with Crippen molar-refractivity contribution in [3.8, 4) is 0 Å². The fraction of sp³-hybridized carbons (Fsp3) is 0.316. The number of furan rings is 1. The molecule has 0 saturated carbocycles. The third kappa shape index (κ3) is 4.81.